The van der Waals surface area contributed by atoms with Crippen molar-refractivity contribution < 1.29 is 14.7 Å². The lowest BCUT2D eigenvalue weighted by molar-refractivity contribution is -0.147. The molecule has 0 aromatic heterocycles. The van der Waals surface area contributed by atoms with E-state index in [2.05, 4.69) is 41.0 Å². The second-order valence-corrected chi connectivity index (χ2v) is 6.73. The molecule has 2 fully saturated rings. The summed E-state index contributed by atoms with van der Waals surface area (Å²) >= 11 is 0. The molecule has 0 radical (unpaired) electrons. The van der Waals surface area contributed by atoms with Gasteiger partial charge in [-0.2, -0.15) is 0 Å². The number of nitrogens with zero attached hydrogens (tertiary/aromatic N) is 3. The molecule has 0 saturated carbocycles. The molecule has 1 aromatic rings. The third-order valence-electron chi connectivity index (χ3n) is 5.05. The summed E-state index contributed by atoms with van der Waals surface area (Å²) in [5.41, 5.74) is 2.53. The Labute approximate surface area is 142 Å². The molecule has 2 heterocycles. The van der Waals surface area contributed by atoms with E-state index < -0.39 is 5.97 Å². The molecule has 24 heavy (non-hydrogen) atoms. The summed E-state index contributed by atoms with van der Waals surface area (Å²) in [5.74, 6) is -1.01. The van der Waals surface area contributed by atoms with E-state index in [1.165, 1.54) is 16.2 Å². The number of anilines is 1. The van der Waals surface area contributed by atoms with Gasteiger partial charge in [0, 0.05) is 37.9 Å². The first-order valence-corrected chi connectivity index (χ1v) is 8.58. The van der Waals surface area contributed by atoms with Crippen molar-refractivity contribution in [2.45, 2.75) is 25.8 Å². The number of rotatable bonds is 4. The van der Waals surface area contributed by atoms with Gasteiger partial charge in [0.15, 0.2) is 0 Å². The van der Waals surface area contributed by atoms with Gasteiger partial charge in [0.05, 0.1) is 6.54 Å². The standard InChI is InChI=1S/C18H25N3O3/c1-14-2-4-15(5-3-14)19-8-6-16(7-9-19)20-10-11-21(13-18(23)24)17(22)12-20/h2-5,16H,6-13H2,1H3,(H,23,24). The Morgan fingerprint density at radius 2 is 1.79 bits per heavy atom. The van der Waals surface area contributed by atoms with Crippen molar-refractivity contribution >= 4 is 17.6 Å². The highest BCUT2D eigenvalue weighted by Gasteiger charge is 2.31. The number of amides is 1. The number of benzene rings is 1. The summed E-state index contributed by atoms with van der Waals surface area (Å²) in [6, 6.07) is 9.04. The molecule has 0 aliphatic carbocycles. The number of carbonyl (C=O) groups is 2. The van der Waals surface area contributed by atoms with Crippen LogP contribution in [0, 0.1) is 6.92 Å². The Morgan fingerprint density at radius 3 is 2.38 bits per heavy atom. The molecular formula is C18H25N3O3. The number of aliphatic carboxylic acids is 1. The molecule has 0 atom stereocenters. The Morgan fingerprint density at radius 1 is 1.12 bits per heavy atom. The van der Waals surface area contributed by atoms with E-state index >= 15 is 0 Å². The van der Waals surface area contributed by atoms with Crippen molar-refractivity contribution in [3.63, 3.8) is 0 Å². The lowest BCUT2D eigenvalue weighted by Crippen LogP contribution is -2.56. The fraction of sp³-hybridized carbons (Fsp3) is 0.556. The van der Waals surface area contributed by atoms with Gasteiger partial charge in [0.25, 0.3) is 0 Å². The number of carboxylic acids is 1. The largest absolute Gasteiger partial charge is 0.480 e. The van der Waals surface area contributed by atoms with Crippen LogP contribution in [0.4, 0.5) is 5.69 Å². The number of piperidine rings is 1. The van der Waals surface area contributed by atoms with Crippen LogP contribution in [0.25, 0.3) is 0 Å². The maximum atomic E-state index is 12.1. The van der Waals surface area contributed by atoms with Crippen LogP contribution in [0.15, 0.2) is 24.3 Å². The van der Waals surface area contributed by atoms with Gasteiger partial charge >= 0.3 is 5.97 Å². The van der Waals surface area contributed by atoms with Crippen molar-refractivity contribution in [1.82, 2.24) is 9.80 Å². The van der Waals surface area contributed by atoms with E-state index in [4.69, 9.17) is 5.11 Å². The lowest BCUT2D eigenvalue weighted by atomic mass is 10.0. The zero-order valence-electron chi connectivity index (χ0n) is 14.1. The topological polar surface area (TPSA) is 64.1 Å². The second kappa shape index (κ2) is 7.21. The van der Waals surface area contributed by atoms with E-state index in [9.17, 15) is 9.59 Å². The Hall–Kier alpha value is -2.08. The summed E-state index contributed by atoms with van der Waals surface area (Å²) in [6.07, 6.45) is 2.08. The fourth-order valence-electron chi connectivity index (χ4n) is 3.61. The molecule has 130 valence electrons. The van der Waals surface area contributed by atoms with Crippen molar-refractivity contribution in [2.24, 2.45) is 0 Å². The van der Waals surface area contributed by atoms with Crippen LogP contribution in [0.5, 0.6) is 0 Å². The molecule has 0 bridgehead atoms. The third-order valence-corrected chi connectivity index (χ3v) is 5.05. The average molecular weight is 331 g/mol. The minimum atomic E-state index is -0.941. The van der Waals surface area contributed by atoms with E-state index in [1.807, 2.05) is 0 Å². The number of carboxylic acid groups (broad SMARTS) is 1. The summed E-state index contributed by atoms with van der Waals surface area (Å²) < 4.78 is 0. The predicted octanol–water partition coefficient (Wildman–Crippen LogP) is 1.19. The van der Waals surface area contributed by atoms with E-state index in [0.717, 1.165) is 32.5 Å². The van der Waals surface area contributed by atoms with Crippen LogP contribution in [-0.4, -0.2) is 72.1 Å². The highest BCUT2D eigenvalue weighted by molar-refractivity contribution is 5.83. The van der Waals surface area contributed by atoms with E-state index in [1.54, 1.807) is 0 Å². The molecule has 3 rings (SSSR count). The first kappa shape index (κ1) is 16.8. The molecule has 1 amide bonds. The number of hydrogen-bond donors (Lipinski definition) is 1. The van der Waals surface area contributed by atoms with Gasteiger partial charge in [0.1, 0.15) is 6.54 Å². The van der Waals surface area contributed by atoms with Gasteiger partial charge < -0.3 is 14.9 Å². The smallest absolute Gasteiger partial charge is 0.323 e. The van der Waals surface area contributed by atoms with Crippen molar-refractivity contribution in [1.29, 1.82) is 0 Å². The number of piperazine rings is 1. The molecule has 0 unspecified atom stereocenters. The molecule has 1 aromatic carbocycles. The minimum Gasteiger partial charge on any atom is -0.480 e. The van der Waals surface area contributed by atoms with Gasteiger partial charge in [-0.05, 0) is 31.9 Å². The molecule has 2 saturated heterocycles. The highest BCUT2D eigenvalue weighted by atomic mass is 16.4. The Bertz CT molecular complexity index is 594. The number of hydrogen-bond acceptors (Lipinski definition) is 4. The number of aryl methyl sites for hydroxylation is 1. The monoisotopic (exact) mass is 331 g/mol. The predicted molar refractivity (Wildman–Crippen MR) is 92.2 cm³/mol. The zero-order chi connectivity index (χ0) is 17.1. The van der Waals surface area contributed by atoms with Gasteiger partial charge in [0.2, 0.25) is 5.91 Å². The zero-order valence-corrected chi connectivity index (χ0v) is 14.1. The van der Waals surface area contributed by atoms with Gasteiger partial charge in [-0.1, -0.05) is 17.7 Å². The first-order valence-electron chi connectivity index (χ1n) is 8.58. The second-order valence-electron chi connectivity index (χ2n) is 6.73. The summed E-state index contributed by atoms with van der Waals surface area (Å²) in [6.45, 7) is 5.55. The maximum absolute atomic E-state index is 12.1. The molecule has 6 nitrogen and oxygen atoms in total. The maximum Gasteiger partial charge on any atom is 0.323 e. The van der Waals surface area contributed by atoms with Crippen LogP contribution in [0.1, 0.15) is 18.4 Å². The van der Waals surface area contributed by atoms with E-state index in [-0.39, 0.29) is 12.5 Å². The first-order chi connectivity index (χ1) is 11.5. The summed E-state index contributed by atoms with van der Waals surface area (Å²) in [5, 5.41) is 8.84. The average Bonchev–Trinajstić information content (AvgIpc) is 2.57. The van der Waals surface area contributed by atoms with Crippen LogP contribution in [0.2, 0.25) is 0 Å². The Balaban J connectivity index is 1.51. The number of carbonyl (C=O) groups excluding carboxylic acids is 1. The lowest BCUT2D eigenvalue weighted by Gasteiger charge is -2.42. The van der Waals surface area contributed by atoms with Crippen LogP contribution < -0.4 is 4.90 Å². The van der Waals surface area contributed by atoms with Crippen molar-refractivity contribution in [2.75, 3.05) is 44.2 Å². The summed E-state index contributed by atoms with van der Waals surface area (Å²) in [4.78, 5) is 29.0. The van der Waals surface area contributed by atoms with Gasteiger partial charge in [-0.15, -0.1) is 0 Å². The van der Waals surface area contributed by atoms with E-state index in [0.29, 0.717) is 19.1 Å². The fourth-order valence-corrected chi connectivity index (χ4v) is 3.61. The van der Waals surface area contributed by atoms with Crippen LogP contribution in [0.3, 0.4) is 0 Å². The highest BCUT2D eigenvalue weighted by Crippen LogP contribution is 2.23. The minimum absolute atomic E-state index is 0.0652. The molecule has 2 aliphatic heterocycles. The molecule has 6 heteroatoms. The summed E-state index contributed by atoms with van der Waals surface area (Å²) in [7, 11) is 0. The van der Waals surface area contributed by atoms with Crippen LogP contribution >= 0.6 is 0 Å². The SMILES string of the molecule is Cc1ccc(N2CCC(N3CCN(CC(=O)O)C(=O)C3)CC2)cc1. The van der Waals surface area contributed by atoms with Gasteiger partial charge in [-0.3, -0.25) is 14.5 Å². The van der Waals surface area contributed by atoms with Crippen LogP contribution in [-0.2, 0) is 9.59 Å². The molecular weight excluding hydrogens is 306 g/mol. The van der Waals surface area contributed by atoms with Crippen molar-refractivity contribution in [3.8, 4) is 0 Å². The van der Waals surface area contributed by atoms with Crippen molar-refractivity contribution in [3.05, 3.63) is 29.8 Å². The molecule has 2 aliphatic rings. The Kier molecular flexibility index (Phi) is 5.04. The van der Waals surface area contributed by atoms with Gasteiger partial charge in [-0.25, -0.2) is 0 Å². The quantitative estimate of drug-likeness (QED) is 0.898. The third kappa shape index (κ3) is 3.87. The normalized spacial score (nSPS) is 20.5. The molecule has 0 spiro atoms. The molecule has 1 N–H and O–H groups in total.